The molecule has 0 amide bonds. The fourth-order valence-electron chi connectivity index (χ4n) is 2.94. The summed E-state index contributed by atoms with van der Waals surface area (Å²) in [7, 11) is 0. The molecule has 2 rings (SSSR count). The van der Waals surface area contributed by atoms with Crippen molar-refractivity contribution in [2.24, 2.45) is 0 Å². The topological polar surface area (TPSA) is 32.3 Å². The molecule has 1 aliphatic carbocycles. The van der Waals surface area contributed by atoms with Gasteiger partial charge in [0.1, 0.15) is 5.60 Å². The first kappa shape index (κ1) is 13.6. The van der Waals surface area contributed by atoms with Gasteiger partial charge in [-0.2, -0.15) is 0 Å². The summed E-state index contributed by atoms with van der Waals surface area (Å²) in [5.74, 6) is 0. The van der Waals surface area contributed by atoms with E-state index in [1.807, 2.05) is 30.3 Å². The van der Waals surface area contributed by atoms with Crippen LogP contribution in [0.4, 0.5) is 0 Å². The molecular weight excluding hydrogens is 222 g/mol. The Hall–Kier alpha value is -0.860. The van der Waals surface area contributed by atoms with Crippen LogP contribution in [0.3, 0.4) is 0 Å². The largest absolute Gasteiger partial charge is 0.384 e. The Kier molecular flexibility index (Phi) is 4.79. The molecule has 2 heteroatoms. The van der Waals surface area contributed by atoms with Gasteiger partial charge in [0.25, 0.3) is 0 Å². The minimum atomic E-state index is -0.710. The van der Waals surface area contributed by atoms with Crippen molar-refractivity contribution in [1.29, 1.82) is 0 Å². The lowest BCUT2D eigenvalue weighted by atomic mass is 9.89. The monoisotopic (exact) mass is 247 g/mol. The molecule has 0 bridgehead atoms. The Morgan fingerprint density at radius 3 is 2.50 bits per heavy atom. The van der Waals surface area contributed by atoms with Gasteiger partial charge in [0.15, 0.2) is 0 Å². The van der Waals surface area contributed by atoms with Crippen LogP contribution >= 0.6 is 0 Å². The lowest BCUT2D eigenvalue weighted by Gasteiger charge is -2.30. The van der Waals surface area contributed by atoms with Gasteiger partial charge in [-0.3, -0.25) is 0 Å². The normalized spacial score (nSPS) is 19.9. The summed E-state index contributed by atoms with van der Waals surface area (Å²) >= 11 is 0. The Balaban J connectivity index is 2.01. The summed E-state index contributed by atoms with van der Waals surface area (Å²) in [6, 6.07) is 10.7. The standard InChI is InChI=1S/C16H25NO/c1-2-12-16(18,14-8-4-3-5-9-14)13-17-15-10-6-7-11-15/h3-5,8-9,15,17-18H,2,6-7,10-13H2,1H3. The van der Waals surface area contributed by atoms with Crippen molar-refractivity contribution in [2.75, 3.05) is 6.54 Å². The molecule has 18 heavy (non-hydrogen) atoms. The molecule has 1 unspecified atom stereocenters. The van der Waals surface area contributed by atoms with E-state index in [-0.39, 0.29) is 0 Å². The molecule has 0 aromatic heterocycles. The van der Waals surface area contributed by atoms with E-state index in [2.05, 4.69) is 12.2 Å². The highest BCUT2D eigenvalue weighted by Gasteiger charge is 2.29. The molecule has 100 valence electrons. The van der Waals surface area contributed by atoms with Crippen molar-refractivity contribution in [3.8, 4) is 0 Å². The van der Waals surface area contributed by atoms with Gasteiger partial charge in [0.05, 0.1) is 0 Å². The average Bonchev–Trinajstić information content (AvgIpc) is 2.91. The minimum Gasteiger partial charge on any atom is -0.384 e. The van der Waals surface area contributed by atoms with Gasteiger partial charge < -0.3 is 10.4 Å². The number of hydrogen-bond donors (Lipinski definition) is 2. The van der Waals surface area contributed by atoms with Crippen molar-refractivity contribution in [2.45, 2.75) is 57.1 Å². The van der Waals surface area contributed by atoms with E-state index in [4.69, 9.17) is 0 Å². The lowest BCUT2D eigenvalue weighted by Crippen LogP contribution is -2.41. The van der Waals surface area contributed by atoms with E-state index < -0.39 is 5.60 Å². The molecule has 0 saturated heterocycles. The van der Waals surface area contributed by atoms with Crippen LogP contribution in [0.1, 0.15) is 51.0 Å². The Labute approximate surface area is 110 Å². The molecule has 0 radical (unpaired) electrons. The van der Waals surface area contributed by atoms with E-state index in [1.54, 1.807) is 0 Å². The average molecular weight is 247 g/mol. The maximum absolute atomic E-state index is 10.9. The highest BCUT2D eigenvalue weighted by atomic mass is 16.3. The highest BCUT2D eigenvalue weighted by Crippen LogP contribution is 2.27. The van der Waals surface area contributed by atoms with Crippen LogP contribution in [-0.4, -0.2) is 17.7 Å². The number of nitrogens with one attached hydrogen (secondary N) is 1. The lowest BCUT2D eigenvalue weighted by molar-refractivity contribution is 0.0244. The summed E-state index contributed by atoms with van der Waals surface area (Å²) in [4.78, 5) is 0. The van der Waals surface area contributed by atoms with Crippen LogP contribution < -0.4 is 5.32 Å². The van der Waals surface area contributed by atoms with E-state index in [0.717, 1.165) is 18.4 Å². The summed E-state index contributed by atoms with van der Waals surface area (Å²) in [6.07, 6.45) is 6.99. The molecule has 0 aliphatic heterocycles. The zero-order chi connectivity index (χ0) is 12.8. The van der Waals surface area contributed by atoms with Gasteiger partial charge in [0, 0.05) is 12.6 Å². The first-order valence-corrected chi connectivity index (χ1v) is 7.26. The molecular formula is C16H25NO. The first-order valence-electron chi connectivity index (χ1n) is 7.26. The molecule has 1 saturated carbocycles. The second-order valence-corrected chi connectivity index (χ2v) is 5.51. The fourth-order valence-corrected chi connectivity index (χ4v) is 2.94. The third-order valence-corrected chi connectivity index (χ3v) is 4.01. The second-order valence-electron chi connectivity index (χ2n) is 5.51. The van der Waals surface area contributed by atoms with Crippen LogP contribution in [0.2, 0.25) is 0 Å². The second kappa shape index (κ2) is 6.35. The van der Waals surface area contributed by atoms with Crippen molar-refractivity contribution < 1.29 is 5.11 Å². The number of hydrogen-bond acceptors (Lipinski definition) is 2. The molecule has 1 aliphatic rings. The minimum absolute atomic E-state index is 0.608. The van der Waals surface area contributed by atoms with Crippen LogP contribution in [0.15, 0.2) is 30.3 Å². The van der Waals surface area contributed by atoms with Gasteiger partial charge in [-0.25, -0.2) is 0 Å². The van der Waals surface area contributed by atoms with Crippen LogP contribution in [0, 0.1) is 0 Å². The van der Waals surface area contributed by atoms with Crippen molar-refractivity contribution in [3.63, 3.8) is 0 Å². The maximum Gasteiger partial charge on any atom is 0.102 e. The predicted octanol–water partition coefficient (Wildman–Crippen LogP) is 3.21. The Morgan fingerprint density at radius 2 is 1.89 bits per heavy atom. The van der Waals surface area contributed by atoms with Crippen molar-refractivity contribution >= 4 is 0 Å². The van der Waals surface area contributed by atoms with Crippen molar-refractivity contribution in [3.05, 3.63) is 35.9 Å². The molecule has 1 aromatic rings. The summed E-state index contributed by atoms with van der Waals surface area (Å²) in [5.41, 5.74) is 0.329. The van der Waals surface area contributed by atoms with Gasteiger partial charge in [-0.1, -0.05) is 56.5 Å². The summed E-state index contributed by atoms with van der Waals surface area (Å²) in [5, 5.41) is 14.4. The highest BCUT2D eigenvalue weighted by molar-refractivity contribution is 5.22. The van der Waals surface area contributed by atoms with Crippen molar-refractivity contribution in [1.82, 2.24) is 5.32 Å². The van der Waals surface area contributed by atoms with Gasteiger partial charge in [0.2, 0.25) is 0 Å². The zero-order valence-electron chi connectivity index (χ0n) is 11.4. The molecule has 2 nitrogen and oxygen atoms in total. The third-order valence-electron chi connectivity index (χ3n) is 4.01. The van der Waals surface area contributed by atoms with E-state index in [0.29, 0.717) is 12.6 Å². The molecule has 1 aromatic carbocycles. The third kappa shape index (κ3) is 3.33. The molecule has 2 N–H and O–H groups in total. The molecule has 1 fully saturated rings. The quantitative estimate of drug-likeness (QED) is 0.809. The fraction of sp³-hybridized carbons (Fsp3) is 0.625. The molecule has 0 spiro atoms. The van der Waals surface area contributed by atoms with E-state index in [1.165, 1.54) is 25.7 Å². The van der Waals surface area contributed by atoms with Crippen LogP contribution in [0.5, 0.6) is 0 Å². The van der Waals surface area contributed by atoms with Crippen LogP contribution in [-0.2, 0) is 5.60 Å². The predicted molar refractivity (Wildman–Crippen MR) is 75.5 cm³/mol. The number of rotatable bonds is 6. The number of benzene rings is 1. The Bertz CT molecular complexity index is 345. The maximum atomic E-state index is 10.9. The smallest absolute Gasteiger partial charge is 0.102 e. The van der Waals surface area contributed by atoms with E-state index >= 15 is 0 Å². The summed E-state index contributed by atoms with van der Waals surface area (Å²) in [6.45, 7) is 2.80. The van der Waals surface area contributed by atoms with Gasteiger partial charge in [-0.05, 0) is 24.8 Å². The Morgan fingerprint density at radius 1 is 1.22 bits per heavy atom. The van der Waals surface area contributed by atoms with Gasteiger partial charge >= 0.3 is 0 Å². The molecule has 0 heterocycles. The van der Waals surface area contributed by atoms with Gasteiger partial charge in [-0.15, -0.1) is 0 Å². The van der Waals surface area contributed by atoms with E-state index in [9.17, 15) is 5.11 Å². The summed E-state index contributed by atoms with van der Waals surface area (Å²) < 4.78 is 0. The number of aliphatic hydroxyl groups is 1. The SMILES string of the molecule is CCCC(O)(CNC1CCCC1)c1ccccc1. The first-order chi connectivity index (χ1) is 8.74. The molecule has 1 atom stereocenters. The zero-order valence-corrected chi connectivity index (χ0v) is 11.4. The van der Waals surface area contributed by atoms with Crippen LogP contribution in [0.25, 0.3) is 0 Å².